The van der Waals surface area contributed by atoms with Gasteiger partial charge in [-0.3, -0.25) is 0 Å². The summed E-state index contributed by atoms with van der Waals surface area (Å²) in [4.78, 5) is 0. The summed E-state index contributed by atoms with van der Waals surface area (Å²) in [5.74, 6) is 1.51. The first-order valence-electron chi connectivity index (χ1n) is 4.37. The summed E-state index contributed by atoms with van der Waals surface area (Å²) in [5.41, 5.74) is 1.83. The van der Waals surface area contributed by atoms with Gasteiger partial charge < -0.3 is 9.73 Å². The van der Waals surface area contributed by atoms with Crippen molar-refractivity contribution in [3.8, 4) is 11.5 Å². The topological polar surface area (TPSA) is 51.0 Å². The van der Waals surface area contributed by atoms with Crippen LogP contribution in [-0.2, 0) is 0 Å². The van der Waals surface area contributed by atoms with Crippen LogP contribution in [0.25, 0.3) is 11.5 Å². The highest BCUT2D eigenvalue weighted by Gasteiger charge is 2.07. The fraction of sp³-hybridized carbons (Fsp3) is 0.200. The number of hydrogen-bond donors (Lipinski definition) is 1. The molecule has 0 amide bonds. The fourth-order valence-electron chi connectivity index (χ4n) is 1.26. The summed E-state index contributed by atoms with van der Waals surface area (Å²) in [5, 5.41) is 11.0. The Morgan fingerprint density at radius 2 is 2.21 bits per heavy atom. The molecule has 0 saturated heterocycles. The molecule has 0 aliphatic rings. The van der Waals surface area contributed by atoms with Crippen molar-refractivity contribution in [2.75, 3.05) is 12.4 Å². The molecule has 0 unspecified atom stereocenters. The smallest absolute Gasteiger partial charge is 0.154 e. The van der Waals surface area contributed by atoms with Gasteiger partial charge in [-0.25, -0.2) is 0 Å². The summed E-state index contributed by atoms with van der Waals surface area (Å²) in [7, 11) is 1.82. The molecule has 4 heteroatoms. The molecule has 2 aromatic heterocycles. The van der Waals surface area contributed by atoms with E-state index in [1.54, 1.807) is 6.26 Å². The molecule has 2 rings (SSSR count). The van der Waals surface area contributed by atoms with Crippen molar-refractivity contribution in [3.05, 3.63) is 30.0 Å². The van der Waals surface area contributed by atoms with Crippen LogP contribution in [0.2, 0.25) is 0 Å². The van der Waals surface area contributed by atoms with E-state index in [2.05, 4.69) is 15.5 Å². The van der Waals surface area contributed by atoms with Gasteiger partial charge in [0.1, 0.15) is 11.5 Å². The van der Waals surface area contributed by atoms with Crippen molar-refractivity contribution < 1.29 is 4.42 Å². The van der Waals surface area contributed by atoms with Crippen molar-refractivity contribution in [1.29, 1.82) is 0 Å². The molecule has 0 spiro atoms. The molecule has 0 saturated carbocycles. The number of aromatic nitrogens is 2. The molecular weight excluding hydrogens is 178 g/mol. The summed E-state index contributed by atoms with van der Waals surface area (Å²) < 4.78 is 5.25. The number of anilines is 1. The maximum Gasteiger partial charge on any atom is 0.154 e. The third kappa shape index (κ3) is 1.46. The fourth-order valence-corrected chi connectivity index (χ4v) is 1.26. The SMILES string of the molecule is CNc1cc(C)c(-c2ccco2)nn1. The van der Waals surface area contributed by atoms with Gasteiger partial charge in [-0.2, -0.15) is 0 Å². The lowest BCUT2D eigenvalue weighted by atomic mass is 10.2. The van der Waals surface area contributed by atoms with E-state index in [0.29, 0.717) is 0 Å². The van der Waals surface area contributed by atoms with Gasteiger partial charge in [-0.05, 0) is 30.7 Å². The number of rotatable bonds is 2. The first kappa shape index (κ1) is 8.74. The van der Waals surface area contributed by atoms with E-state index < -0.39 is 0 Å². The molecule has 0 radical (unpaired) electrons. The predicted molar refractivity (Wildman–Crippen MR) is 54.0 cm³/mol. The van der Waals surface area contributed by atoms with Crippen molar-refractivity contribution in [1.82, 2.24) is 10.2 Å². The zero-order valence-electron chi connectivity index (χ0n) is 8.11. The van der Waals surface area contributed by atoms with Crippen LogP contribution in [0.15, 0.2) is 28.9 Å². The van der Waals surface area contributed by atoms with E-state index in [4.69, 9.17) is 4.42 Å². The van der Waals surface area contributed by atoms with E-state index in [-0.39, 0.29) is 0 Å². The lowest BCUT2D eigenvalue weighted by Gasteiger charge is -2.02. The molecule has 0 aliphatic heterocycles. The Morgan fingerprint density at radius 3 is 2.79 bits per heavy atom. The molecule has 2 aromatic rings. The molecule has 2 heterocycles. The Bertz CT molecular complexity index is 423. The van der Waals surface area contributed by atoms with Crippen LogP contribution in [0.3, 0.4) is 0 Å². The molecule has 0 aromatic carbocycles. The first-order chi connectivity index (χ1) is 6.81. The lowest BCUT2D eigenvalue weighted by molar-refractivity contribution is 0.578. The minimum atomic E-state index is 0.748. The molecule has 0 fully saturated rings. The van der Waals surface area contributed by atoms with Crippen LogP contribution in [0, 0.1) is 6.92 Å². The third-order valence-electron chi connectivity index (χ3n) is 2.00. The van der Waals surface area contributed by atoms with Gasteiger partial charge in [0, 0.05) is 7.05 Å². The maximum absolute atomic E-state index is 5.25. The average molecular weight is 189 g/mol. The summed E-state index contributed by atoms with van der Waals surface area (Å²) in [6, 6.07) is 5.64. The number of aryl methyl sites for hydroxylation is 1. The Balaban J connectivity index is 2.46. The zero-order chi connectivity index (χ0) is 9.97. The van der Waals surface area contributed by atoms with Gasteiger partial charge in [0.25, 0.3) is 0 Å². The van der Waals surface area contributed by atoms with Crippen LogP contribution in [0.4, 0.5) is 5.82 Å². The monoisotopic (exact) mass is 189 g/mol. The van der Waals surface area contributed by atoms with Gasteiger partial charge in [0.15, 0.2) is 5.76 Å². The van der Waals surface area contributed by atoms with Crippen molar-refractivity contribution >= 4 is 5.82 Å². The number of nitrogens with one attached hydrogen (secondary N) is 1. The van der Waals surface area contributed by atoms with Crippen molar-refractivity contribution in [3.63, 3.8) is 0 Å². The highest BCUT2D eigenvalue weighted by atomic mass is 16.3. The van der Waals surface area contributed by atoms with E-state index in [9.17, 15) is 0 Å². The largest absolute Gasteiger partial charge is 0.463 e. The molecule has 0 bridgehead atoms. The van der Waals surface area contributed by atoms with Crippen LogP contribution >= 0.6 is 0 Å². The average Bonchev–Trinajstić information content (AvgIpc) is 2.70. The molecule has 14 heavy (non-hydrogen) atoms. The second-order valence-corrected chi connectivity index (χ2v) is 2.99. The highest BCUT2D eigenvalue weighted by molar-refractivity contribution is 5.58. The highest BCUT2D eigenvalue weighted by Crippen LogP contribution is 2.21. The van der Waals surface area contributed by atoms with Gasteiger partial charge in [-0.15, -0.1) is 10.2 Å². The zero-order valence-corrected chi connectivity index (χ0v) is 8.11. The van der Waals surface area contributed by atoms with Gasteiger partial charge in [-0.1, -0.05) is 0 Å². The minimum Gasteiger partial charge on any atom is -0.463 e. The minimum absolute atomic E-state index is 0.748. The molecular formula is C10H11N3O. The van der Waals surface area contributed by atoms with Crippen LogP contribution < -0.4 is 5.32 Å². The first-order valence-corrected chi connectivity index (χ1v) is 4.37. The standard InChI is InChI=1S/C10H11N3O/c1-7-6-9(11-2)12-13-10(7)8-4-3-5-14-8/h3-6H,1-2H3,(H,11,12). The second-order valence-electron chi connectivity index (χ2n) is 2.99. The quantitative estimate of drug-likeness (QED) is 0.785. The Kier molecular flexibility index (Phi) is 2.18. The van der Waals surface area contributed by atoms with Gasteiger partial charge in [0.2, 0.25) is 0 Å². The predicted octanol–water partition coefficient (Wildman–Crippen LogP) is 2.09. The Morgan fingerprint density at radius 1 is 1.36 bits per heavy atom. The molecule has 72 valence electrons. The Labute approximate surface area is 82.0 Å². The van der Waals surface area contributed by atoms with Gasteiger partial charge in [0.05, 0.1) is 6.26 Å². The van der Waals surface area contributed by atoms with Crippen LogP contribution in [0.5, 0.6) is 0 Å². The van der Waals surface area contributed by atoms with E-state index >= 15 is 0 Å². The van der Waals surface area contributed by atoms with Crippen molar-refractivity contribution in [2.24, 2.45) is 0 Å². The van der Waals surface area contributed by atoms with E-state index in [1.807, 2.05) is 32.2 Å². The molecule has 4 nitrogen and oxygen atoms in total. The van der Waals surface area contributed by atoms with E-state index in [1.165, 1.54) is 0 Å². The van der Waals surface area contributed by atoms with Gasteiger partial charge >= 0.3 is 0 Å². The number of nitrogens with zero attached hydrogens (tertiary/aromatic N) is 2. The summed E-state index contributed by atoms with van der Waals surface area (Å²) in [6.07, 6.45) is 1.63. The number of furan rings is 1. The van der Waals surface area contributed by atoms with Crippen LogP contribution in [-0.4, -0.2) is 17.2 Å². The normalized spacial score (nSPS) is 10.1. The summed E-state index contributed by atoms with van der Waals surface area (Å²) in [6.45, 7) is 1.98. The summed E-state index contributed by atoms with van der Waals surface area (Å²) >= 11 is 0. The number of hydrogen-bond acceptors (Lipinski definition) is 4. The van der Waals surface area contributed by atoms with E-state index in [0.717, 1.165) is 22.8 Å². The lowest BCUT2D eigenvalue weighted by Crippen LogP contribution is -1.97. The van der Waals surface area contributed by atoms with Crippen LogP contribution in [0.1, 0.15) is 5.56 Å². The maximum atomic E-state index is 5.25. The second kappa shape index (κ2) is 3.49. The van der Waals surface area contributed by atoms with Crippen molar-refractivity contribution in [2.45, 2.75) is 6.92 Å². The molecule has 1 N–H and O–H groups in total. The third-order valence-corrected chi connectivity index (χ3v) is 2.00. The molecule has 0 atom stereocenters. The Hall–Kier alpha value is -1.84. The molecule has 0 aliphatic carbocycles.